The van der Waals surface area contributed by atoms with E-state index in [1.54, 1.807) is 32.5 Å². The lowest BCUT2D eigenvalue weighted by Gasteiger charge is -2.22. The van der Waals surface area contributed by atoms with E-state index < -0.39 is 5.97 Å². The maximum Gasteiger partial charge on any atom is 0.300 e. The van der Waals surface area contributed by atoms with Crippen LogP contribution in [0.4, 0.5) is 10.3 Å². The van der Waals surface area contributed by atoms with E-state index in [2.05, 4.69) is 9.97 Å². The summed E-state index contributed by atoms with van der Waals surface area (Å²) < 4.78 is 23.9. The monoisotopic (exact) mass is 429 g/mol. The van der Waals surface area contributed by atoms with E-state index in [1.807, 2.05) is 18.2 Å². The molecule has 5 N–H and O–H groups in total. The van der Waals surface area contributed by atoms with E-state index in [0.29, 0.717) is 23.1 Å². The van der Waals surface area contributed by atoms with Crippen LogP contribution < -0.4 is 20.1 Å². The number of guanidine groups is 1. The van der Waals surface area contributed by atoms with Crippen molar-refractivity contribution in [2.75, 3.05) is 19.1 Å². The Morgan fingerprint density at radius 2 is 1.74 bits per heavy atom. The zero-order valence-corrected chi connectivity index (χ0v) is 17.3. The number of aliphatic carboxylic acids is 1. The number of methoxy groups -OCH3 is 2. The number of aromatic amines is 1. The fraction of sp³-hybridized carbons (Fsp3) is 0.190. The number of aromatic nitrogens is 2. The minimum atomic E-state index is -0.833. The minimum absolute atomic E-state index is 0.192. The normalized spacial score (nSPS) is 9.94. The third-order valence-electron chi connectivity index (χ3n) is 4.11. The van der Waals surface area contributed by atoms with Crippen molar-refractivity contribution < 1.29 is 23.8 Å². The van der Waals surface area contributed by atoms with Gasteiger partial charge in [0.1, 0.15) is 17.3 Å². The molecule has 2 aromatic carbocycles. The number of benzene rings is 2. The molecule has 0 aliphatic rings. The molecule has 0 bridgehead atoms. The second-order valence-corrected chi connectivity index (χ2v) is 6.26. The predicted molar refractivity (Wildman–Crippen MR) is 115 cm³/mol. The molecule has 9 nitrogen and oxygen atoms in total. The van der Waals surface area contributed by atoms with Crippen molar-refractivity contribution in [1.82, 2.24) is 9.97 Å². The van der Waals surface area contributed by atoms with Crippen LogP contribution in [0.5, 0.6) is 11.5 Å². The number of H-pyrrole nitrogens is 1. The number of nitrogens with zero attached hydrogens (tertiary/aromatic N) is 2. The summed E-state index contributed by atoms with van der Waals surface area (Å²) in [7, 11) is 3.13. The van der Waals surface area contributed by atoms with Crippen LogP contribution in [0.2, 0.25) is 0 Å². The number of carbonyl (C=O) groups is 1. The lowest BCUT2D eigenvalue weighted by molar-refractivity contribution is -0.134. The van der Waals surface area contributed by atoms with Gasteiger partial charge in [-0.3, -0.25) is 15.1 Å². The summed E-state index contributed by atoms with van der Waals surface area (Å²) in [5.74, 6) is 0.279. The standard InChI is InChI=1S/C19H20FN5O2.C2H4O2/c1-26-16-4-3-5-17(27-2)14(16)11-25(18(21)22)19-23-10-15(24-19)12-6-8-13(20)9-7-12;1-2(3)4/h3-10H,11H2,1-2H3,(H3,21,22)(H,23,24);1H3,(H,3,4). The first-order valence-corrected chi connectivity index (χ1v) is 9.08. The largest absolute Gasteiger partial charge is 0.496 e. The van der Waals surface area contributed by atoms with Gasteiger partial charge >= 0.3 is 0 Å². The first-order valence-electron chi connectivity index (χ1n) is 9.08. The summed E-state index contributed by atoms with van der Waals surface area (Å²) in [5, 5.41) is 15.4. The van der Waals surface area contributed by atoms with Gasteiger partial charge in [-0.1, -0.05) is 6.07 Å². The highest BCUT2D eigenvalue weighted by Gasteiger charge is 2.19. The van der Waals surface area contributed by atoms with Crippen molar-refractivity contribution in [2.24, 2.45) is 5.73 Å². The van der Waals surface area contributed by atoms with Crippen molar-refractivity contribution in [3.05, 3.63) is 60.0 Å². The summed E-state index contributed by atoms with van der Waals surface area (Å²) in [6.07, 6.45) is 1.61. The van der Waals surface area contributed by atoms with Gasteiger partial charge in [0.05, 0.1) is 38.2 Å². The summed E-state index contributed by atoms with van der Waals surface area (Å²) in [6.45, 7) is 1.30. The molecular formula is C21H24FN5O4. The van der Waals surface area contributed by atoms with E-state index in [0.717, 1.165) is 18.1 Å². The number of carboxylic acids is 1. The SMILES string of the molecule is CC(=O)O.COc1cccc(OC)c1CN(C(=N)N)c1ncc(-c2ccc(F)cc2)[nH]1. The Labute approximate surface area is 178 Å². The molecule has 0 fully saturated rings. The van der Waals surface area contributed by atoms with Crippen LogP contribution in [0.15, 0.2) is 48.7 Å². The number of ether oxygens (including phenoxy) is 2. The van der Waals surface area contributed by atoms with Crippen LogP contribution in [0.25, 0.3) is 11.3 Å². The molecule has 1 aromatic heterocycles. The van der Waals surface area contributed by atoms with Crippen molar-refractivity contribution in [1.29, 1.82) is 5.41 Å². The number of nitrogens with two attached hydrogens (primary N) is 1. The van der Waals surface area contributed by atoms with Gasteiger partial charge in [0.15, 0.2) is 5.96 Å². The van der Waals surface area contributed by atoms with Crippen LogP contribution in [0.3, 0.4) is 0 Å². The van der Waals surface area contributed by atoms with Gasteiger partial charge in [-0.25, -0.2) is 9.37 Å². The molecule has 31 heavy (non-hydrogen) atoms. The van der Waals surface area contributed by atoms with Crippen LogP contribution in [0, 0.1) is 11.2 Å². The van der Waals surface area contributed by atoms with E-state index in [9.17, 15) is 4.39 Å². The van der Waals surface area contributed by atoms with Gasteiger partial charge < -0.3 is 25.3 Å². The quantitative estimate of drug-likeness (QED) is 0.349. The van der Waals surface area contributed by atoms with Crippen LogP contribution in [-0.2, 0) is 11.3 Å². The lowest BCUT2D eigenvalue weighted by atomic mass is 10.1. The molecule has 0 saturated carbocycles. The first-order chi connectivity index (χ1) is 14.8. The van der Waals surface area contributed by atoms with Crippen LogP contribution in [-0.4, -0.2) is 41.2 Å². The molecule has 0 aliphatic carbocycles. The van der Waals surface area contributed by atoms with E-state index in [-0.39, 0.29) is 18.3 Å². The highest BCUT2D eigenvalue weighted by atomic mass is 19.1. The Hall–Kier alpha value is -4.08. The molecule has 0 radical (unpaired) electrons. The average molecular weight is 429 g/mol. The third kappa shape index (κ3) is 6.20. The van der Waals surface area contributed by atoms with Gasteiger partial charge in [0.2, 0.25) is 5.95 Å². The number of imidazole rings is 1. The van der Waals surface area contributed by atoms with Crippen molar-refractivity contribution in [2.45, 2.75) is 13.5 Å². The van der Waals surface area contributed by atoms with Gasteiger partial charge in [0.25, 0.3) is 5.97 Å². The molecule has 0 unspecified atom stereocenters. The van der Waals surface area contributed by atoms with E-state index in [4.69, 9.17) is 30.5 Å². The van der Waals surface area contributed by atoms with Crippen LogP contribution >= 0.6 is 0 Å². The fourth-order valence-electron chi connectivity index (χ4n) is 2.74. The summed E-state index contributed by atoms with van der Waals surface area (Å²) >= 11 is 0. The van der Waals surface area contributed by atoms with E-state index >= 15 is 0 Å². The molecule has 0 atom stereocenters. The number of anilines is 1. The number of hydrogen-bond donors (Lipinski definition) is 4. The van der Waals surface area contributed by atoms with Crippen molar-refractivity contribution in [3.8, 4) is 22.8 Å². The molecular weight excluding hydrogens is 405 g/mol. The Kier molecular flexibility index (Phi) is 7.95. The molecule has 3 aromatic rings. The number of nitrogens with one attached hydrogen (secondary N) is 2. The second-order valence-electron chi connectivity index (χ2n) is 6.26. The predicted octanol–water partition coefficient (Wildman–Crippen LogP) is 3.22. The molecule has 0 spiro atoms. The Morgan fingerprint density at radius 1 is 1.19 bits per heavy atom. The first kappa shape index (κ1) is 23.2. The minimum Gasteiger partial charge on any atom is -0.496 e. The summed E-state index contributed by atoms with van der Waals surface area (Å²) in [4.78, 5) is 17.9. The lowest BCUT2D eigenvalue weighted by Crippen LogP contribution is -2.37. The molecule has 0 amide bonds. The topological polar surface area (TPSA) is 138 Å². The third-order valence-corrected chi connectivity index (χ3v) is 4.11. The van der Waals surface area contributed by atoms with E-state index in [1.165, 1.54) is 17.0 Å². The number of hydrogen-bond acceptors (Lipinski definition) is 5. The summed E-state index contributed by atoms with van der Waals surface area (Å²) in [6, 6.07) is 11.5. The Bertz CT molecular complexity index is 1010. The van der Waals surface area contributed by atoms with Crippen molar-refractivity contribution >= 4 is 17.9 Å². The molecule has 0 saturated heterocycles. The maximum atomic E-state index is 13.1. The van der Waals surface area contributed by atoms with Crippen LogP contribution in [0.1, 0.15) is 12.5 Å². The van der Waals surface area contributed by atoms with Gasteiger partial charge in [-0.15, -0.1) is 0 Å². The zero-order valence-electron chi connectivity index (χ0n) is 17.3. The summed E-state index contributed by atoms with van der Waals surface area (Å²) in [5.41, 5.74) is 7.97. The second kappa shape index (κ2) is 10.6. The van der Waals surface area contributed by atoms with Gasteiger partial charge in [0, 0.05) is 6.92 Å². The number of carboxylic acid groups (broad SMARTS) is 1. The highest BCUT2D eigenvalue weighted by molar-refractivity contribution is 5.91. The highest BCUT2D eigenvalue weighted by Crippen LogP contribution is 2.31. The molecule has 3 rings (SSSR count). The average Bonchev–Trinajstić information content (AvgIpc) is 3.21. The smallest absolute Gasteiger partial charge is 0.300 e. The van der Waals surface area contributed by atoms with Crippen molar-refractivity contribution in [3.63, 3.8) is 0 Å². The molecule has 1 heterocycles. The maximum absolute atomic E-state index is 13.1. The van der Waals surface area contributed by atoms with Gasteiger partial charge in [-0.05, 0) is 42.0 Å². The Balaban J connectivity index is 0.000000785. The molecule has 10 heteroatoms. The zero-order chi connectivity index (χ0) is 23.0. The van der Waals surface area contributed by atoms with Gasteiger partial charge in [-0.2, -0.15) is 0 Å². The Morgan fingerprint density at radius 3 is 2.23 bits per heavy atom. The molecule has 164 valence electrons. The number of rotatable bonds is 6. The molecule has 0 aliphatic heterocycles. The fourth-order valence-corrected chi connectivity index (χ4v) is 2.74. The number of halogens is 1.